The molecule has 2 N–H and O–H groups in total. The van der Waals surface area contributed by atoms with Gasteiger partial charge in [0.25, 0.3) is 0 Å². The summed E-state index contributed by atoms with van der Waals surface area (Å²) in [5, 5.41) is 0. The van der Waals surface area contributed by atoms with Gasteiger partial charge in [-0.05, 0) is 13.0 Å². The van der Waals surface area contributed by atoms with E-state index in [9.17, 15) is 9.59 Å². The topological polar surface area (TPSA) is 43.7 Å². The van der Waals surface area contributed by atoms with Gasteiger partial charge in [-0.3, -0.25) is 4.57 Å². The highest BCUT2D eigenvalue weighted by Gasteiger charge is 2.41. The predicted molar refractivity (Wildman–Crippen MR) is 41.4 cm³/mol. The van der Waals surface area contributed by atoms with Crippen LogP contribution in [0, 0.1) is 0 Å². The number of hydrogen-bond acceptors (Lipinski definition) is 3. The van der Waals surface area contributed by atoms with Crippen LogP contribution in [0.1, 0.15) is 6.42 Å². The van der Waals surface area contributed by atoms with E-state index in [0.29, 0.717) is 12.6 Å². The van der Waals surface area contributed by atoms with E-state index in [4.69, 9.17) is 0 Å². The summed E-state index contributed by atoms with van der Waals surface area (Å²) in [4.78, 5) is 18.7. The molecular weight excluding hydrogens is 146 g/mol. The van der Waals surface area contributed by atoms with Gasteiger partial charge in [0.05, 0.1) is 0 Å². The Labute approximate surface area is 61.9 Å². The van der Waals surface area contributed by atoms with Crippen LogP contribution in [0.4, 0.5) is 0 Å². The number of hydrogen-bond donors (Lipinski definition) is 2. The molecule has 4 heteroatoms. The second kappa shape index (κ2) is 2.83. The molecule has 1 aliphatic heterocycles. The first-order valence-corrected chi connectivity index (χ1v) is 5.52. The molecule has 3 nitrogen and oxygen atoms in total. The molecular formula is C6H13NO2Si. The fourth-order valence-corrected chi connectivity index (χ4v) is 3.12. The summed E-state index contributed by atoms with van der Waals surface area (Å²) >= 11 is 0. The van der Waals surface area contributed by atoms with Crippen LogP contribution in [0.3, 0.4) is 0 Å². The SMILES string of the molecule is C=CCN1CCC[Si]1(O)O. The van der Waals surface area contributed by atoms with E-state index >= 15 is 0 Å². The maximum Gasteiger partial charge on any atom is 0.422 e. The minimum atomic E-state index is -2.93. The highest BCUT2D eigenvalue weighted by Crippen LogP contribution is 2.19. The third-order valence-corrected chi connectivity index (χ3v) is 4.24. The van der Waals surface area contributed by atoms with Gasteiger partial charge < -0.3 is 9.59 Å². The lowest BCUT2D eigenvalue weighted by Crippen LogP contribution is -2.49. The van der Waals surface area contributed by atoms with Crippen LogP contribution in [-0.2, 0) is 0 Å². The Morgan fingerprint density at radius 2 is 2.30 bits per heavy atom. The first-order valence-electron chi connectivity index (χ1n) is 3.47. The summed E-state index contributed by atoms with van der Waals surface area (Å²) in [5.41, 5.74) is 0. The van der Waals surface area contributed by atoms with Gasteiger partial charge in [0.1, 0.15) is 0 Å². The molecule has 10 heavy (non-hydrogen) atoms. The molecule has 1 saturated heterocycles. The van der Waals surface area contributed by atoms with Gasteiger partial charge >= 0.3 is 8.72 Å². The summed E-state index contributed by atoms with van der Waals surface area (Å²) in [6, 6.07) is 0.584. The Kier molecular flexibility index (Phi) is 2.25. The van der Waals surface area contributed by atoms with Gasteiger partial charge in [0.15, 0.2) is 0 Å². The molecule has 0 aromatic heterocycles. The molecule has 0 spiro atoms. The van der Waals surface area contributed by atoms with E-state index in [-0.39, 0.29) is 0 Å². The van der Waals surface area contributed by atoms with Crippen LogP contribution in [0.5, 0.6) is 0 Å². The van der Waals surface area contributed by atoms with Crippen molar-refractivity contribution in [3.63, 3.8) is 0 Å². The Hall–Kier alpha value is -0.163. The average molecular weight is 159 g/mol. The van der Waals surface area contributed by atoms with E-state index in [2.05, 4.69) is 6.58 Å². The van der Waals surface area contributed by atoms with E-state index in [1.54, 1.807) is 10.6 Å². The molecule has 1 fully saturated rings. The van der Waals surface area contributed by atoms with Crippen LogP contribution in [0.15, 0.2) is 12.7 Å². The van der Waals surface area contributed by atoms with Crippen molar-refractivity contribution >= 4 is 8.72 Å². The lowest BCUT2D eigenvalue weighted by molar-refractivity contribution is 0.273. The Balaban J connectivity index is 2.50. The Bertz CT molecular complexity index is 138. The van der Waals surface area contributed by atoms with Gasteiger partial charge in [-0.2, -0.15) is 0 Å². The van der Waals surface area contributed by atoms with Crippen molar-refractivity contribution in [2.24, 2.45) is 0 Å². The van der Waals surface area contributed by atoms with Crippen LogP contribution in [0.2, 0.25) is 6.04 Å². The second-order valence-electron chi connectivity index (χ2n) is 2.61. The van der Waals surface area contributed by atoms with Crippen molar-refractivity contribution < 1.29 is 9.59 Å². The molecule has 58 valence electrons. The quantitative estimate of drug-likeness (QED) is 0.433. The minimum absolute atomic E-state index is 0.584. The molecule has 0 radical (unpaired) electrons. The maximum absolute atomic E-state index is 9.36. The molecule has 0 saturated carbocycles. The zero-order valence-corrected chi connectivity index (χ0v) is 6.95. The average Bonchev–Trinajstić information content (AvgIpc) is 2.13. The van der Waals surface area contributed by atoms with Gasteiger partial charge in [0, 0.05) is 12.6 Å². The van der Waals surface area contributed by atoms with Crippen LogP contribution in [-0.4, -0.2) is 36.0 Å². The third kappa shape index (κ3) is 1.46. The van der Waals surface area contributed by atoms with Crippen molar-refractivity contribution in [3.05, 3.63) is 12.7 Å². The van der Waals surface area contributed by atoms with Gasteiger partial charge in [-0.25, -0.2) is 0 Å². The molecule has 1 heterocycles. The monoisotopic (exact) mass is 159 g/mol. The summed E-state index contributed by atoms with van der Waals surface area (Å²) in [5.74, 6) is 0. The van der Waals surface area contributed by atoms with E-state index in [1.165, 1.54) is 0 Å². The summed E-state index contributed by atoms with van der Waals surface area (Å²) in [7, 11) is -2.93. The molecule has 1 aliphatic rings. The number of nitrogens with zero attached hydrogens (tertiary/aromatic N) is 1. The molecule has 1 rings (SSSR count). The van der Waals surface area contributed by atoms with E-state index in [0.717, 1.165) is 13.0 Å². The first kappa shape index (κ1) is 7.94. The summed E-state index contributed by atoms with van der Waals surface area (Å²) in [6.07, 6.45) is 2.62. The predicted octanol–water partition coefficient (Wildman–Crippen LogP) is -0.198. The van der Waals surface area contributed by atoms with E-state index in [1.807, 2.05) is 0 Å². The summed E-state index contributed by atoms with van der Waals surface area (Å²) < 4.78 is 1.74. The smallest absolute Gasteiger partial charge is 0.399 e. The lowest BCUT2D eigenvalue weighted by Gasteiger charge is -2.22. The molecule has 0 unspecified atom stereocenters. The van der Waals surface area contributed by atoms with Crippen LogP contribution >= 0.6 is 0 Å². The largest absolute Gasteiger partial charge is 0.422 e. The van der Waals surface area contributed by atoms with Gasteiger partial charge in [-0.1, -0.05) is 6.08 Å². The molecule has 0 bridgehead atoms. The Morgan fingerprint density at radius 1 is 1.60 bits per heavy atom. The van der Waals surface area contributed by atoms with E-state index < -0.39 is 8.72 Å². The molecule has 0 atom stereocenters. The standard InChI is InChI=1S/C6H13NO2Si/c1-2-4-7-5-3-6-10(7,8)9/h2,8-9H,1,3-6H2. The van der Waals surface area contributed by atoms with Crippen molar-refractivity contribution in [1.29, 1.82) is 0 Å². The van der Waals surface area contributed by atoms with Crippen molar-refractivity contribution in [2.45, 2.75) is 12.5 Å². The lowest BCUT2D eigenvalue weighted by atomic mass is 10.5. The van der Waals surface area contributed by atoms with Gasteiger partial charge in [0.2, 0.25) is 0 Å². The third-order valence-electron chi connectivity index (χ3n) is 1.80. The Morgan fingerprint density at radius 3 is 2.70 bits per heavy atom. The van der Waals surface area contributed by atoms with Crippen molar-refractivity contribution in [3.8, 4) is 0 Å². The van der Waals surface area contributed by atoms with Crippen molar-refractivity contribution in [2.75, 3.05) is 13.1 Å². The zero-order chi connectivity index (χ0) is 7.61. The highest BCUT2D eigenvalue weighted by atomic mass is 28.4. The van der Waals surface area contributed by atoms with Crippen LogP contribution in [0.25, 0.3) is 0 Å². The molecule has 0 amide bonds. The molecule has 0 aliphatic carbocycles. The molecule has 0 aromatic carbocycles. The fraction of sp³-hybridized carbons (Fsp3) is 0.667. The van der Waals surface area contributed by atoms with Gasteiger partial charge in [-0.15, -0.1) is 6.58 Å². The molecule has 0 aromatic rings. The number of rotatable bonds is 2. The van der Waals surface area contributed by atoms with Crippen LogP contribution < -0.4 is 0 Å². The normalized spacial score (nSPS) is 25.0. The zero-order valence-electron chi connectivity index (χ0n) is 5.95. The van der Waals surface area contributed by atoms with Crippen molar-refractivity contribution in [1.82, 2.24) is 4.57 Å². The summed E-state index contributed by atoms with van der Waals surface area (Å²) in [6.45, 7) is 4.97. The fourth-order valence-electron chi connectivity index (χ4n) is 1.24. The highest BCUT2D eigenvalue weighted by molar-refractivity contribution is 6.62. The first-order chi connectivity index (χ1) is 4.67. The second-order valence-corrected chi connectivity index (χ2v) is 5.29. The minimum Gasteiger partial charge on any atom is -0.399 e. The maximum atomic E-state index is 9.36.